The molecule has 1 N–H and O–H groups in total. The van der Waals surface area contributed by atoms with E-state index in [4.69, 9.17) is 9.84 Å². The summed E-state index contributed by atoms with van der Waals surface area (Å²) in [5, 5.41) is 9.07. The molecule has 1 aliphatic carbocycles. The van der Waals surface area contributed by atoms with Gasteiger partial charge in [-0.15, -0.1) is 0 Å². The Morgan fingerprint density at radius 2 is 1.90 bits per heavy atom. The van der Waals surface area contributed by atoms with Gasteiger partial charge in [0.25, 0.3) is 0 Å². The SMILES string of the molecule is CC(C)(C)OC(=O)N1CCC[C@H](N(CC(=O)O)C2CC2)C1. The van der Waals surface area contributed by atoms with Crippen molar-refractivity contribution in [3.05, 3.63) is 0 Å². The van der Waals surface area contributed by atoms with Crippen LogP contribution in [0.25, 0.3) is 0 Å². The number of rotatable bonds is 4. The predicted octanol–water partition coefficient (Wildman–Crippen LogP) is 1.93. The molecule has 1 aliphatic heterocycles. The maximum absolute atomic E-state index is 12.2. The van der Waals surface area contributed by atoms with Crippen LogP contribution in [-0.4, -0.2) is 64.3 Å². The smallest absolute Gasteiger partial charge is 0.410 e. The first-order valence-electron chi connectivity index (χ1n) is 7.72. The molecule has 1 saturated heterocycles. The highest BCUT2D eigenvalue weighted by Gasteiger charge is 2.38. The summed E-state index contributed by atoms with van der Waals surface area (Å²) >= 11 is 0. The number of likely N-dealkylation sites (tertiary alicyclic amines) is 1. The highest BCUT2D eigenvalue weighted by atomic mass is 16.6. The quantitative estimate of drug-likeness (QED) is 0.859. The lowest BCUT2D eigenvalue weighted by Gasteiger charge is -2.39. The second-order valence-corrected chi connectivity index (χ2v) is 7.02. The normalized spacial score (nSPS) is 23.2. The monoisotopic (exact) mass is 298 g/mol. The molecule has 2 aliphatic rings. The van der Waals surface area contributed by atoms with E-state index in [2.05, 4.69) is 4.90 Å². The fourth-order valence-electron chi connectivity index (χ4n) is 2.84. The molecular weight excluding hydrogens is 272 g/mol. The summed E-state index contributed by atoms with van der Waals surface area (Å²) in [4.78, 5) is 27.0. The maximum atomic E-state index is 12.2. The Balaban J connectivity index is 1.95. The Kier molecular flexibility index (Phi) is 4.76. The van der Waals surface area contributed by atoms with E-state index >= 15 is 0 Å². The Morgan fingerprint density at radius 1 is 1.24 bits per heavy atom. The summed E-state index contributed by atoms with van der Waals surface area (Å²) in [6.45, 7) is 6.89. The van der Waals surface area contributed by atoms with Crippen LogP contribution in [0.4, 0.5) is 4.79 Å². The Hall–Kier alpha value is -1.30. The zero-order valence-corrected chi connectivity index (χ0v) is 13.2. The van der Waals surface area contributed by atoms with Crippen molar-refractivity contribution in [2.24, 2.45) is 0 Å². The lowest BCUT2D eigenvalue weighted by Crippen LogP contribution is -2.52. The lowest BCUT2D eigenvalue weighted by molar-refractivity contribution is -0.139. The van der Waals surface area contributed by atoms with Crippen molar-refractivity contribution in [1.82, 2.24) is 9.80 Å². The topological polar surface area (TPSA) is 70.1 Å². The number of amides is 1. The summed E-state index contributed by atoms with van der Waals surface area (Å²) in [6, 6.07) is 0.513. The minimum atomic E-state index is -0.795. The first-order valence-corrected chi connectivity index (χ1v) is 7.72. The second-order valence-electron chi connectivity index (χ2n) is 7.02. The molecule has 0 spiro atoms. The van der Waals surface area contributed by atoms with Crippen molar-refractivity contribution < 1.29 is 19.4 Å². The fourth-order valence-corrected chi connectivity index (χ4v) is 2.84. The first kappa shape index (κ1) is 16.1. The molecule has 1 atom stereocenters. The van der Waals surface area contributed by atoms with Crippen LogP contribution in [0.3, 0.4) is 0 Å². The van der Waals surface area contributed by atoms with Gasteiger partial charge in [-0.25, -0.2) is 4.79 Å². The van der Waals surface area contributed by atoms with E-state index in [0.717, 1.165) is 25.7 Å². The van der Waals surface area contributed by atoms with Crippen molar-refractivity contribution in [3.63, 3.8) is 0 Å². The number of carbonyl (C=O) groups is 2. The van der Waals surface area contributed by atoms with Crippen LogP contribution < -0.4 is 0 Å². The summed E-state index contributed by atoms with van der Waals surface area (Å²) in [5.41, 5.74) is -0.499. The van der Waals surface area contributed by atoms with Gasteiger partial charge in [-0.1, -0.05) is 0 Å². The Labute approximate surface area is 126 Å². The molecular formula is C15H26N2O4. The summed E-state index contributed by atoms with van der Waals surface area (Å²) in [7, 11) is 0. The number of carboxylic acids is 1. The van der Waals surface area contributed by atoms with E-state index in [1.807, 2.05) is 20.8 Å². The largest absolute Gasteiger partial charge is 0.480 e. The van der Waals surface area contributed by atoms with Crippen LogP contribution in [0.2, 0.25) is 0 Å². The number of nitrogens with zero attached hydrogens (tertiary/aromatic N) is 2. The van der Waals surface area contributed by atoms with Gasteiger partial charge in [0.1, 0.15) is 5.60 Å². The minimum absolute atomic E-state index is 0.0670. The molecule has 21 heavy (non-hydrogen) atoms. The maximum Gasteiger partial charge on any atom is 0.410 e. The van der Waals surface area contributed by atoms with Crippen LogP contribution in [0.15, 0.2) is 0 Å². The molecule has 1 heterocycles. The molecule has 1 saturated carbocycles. The van der Waals surface area contributed by atoms with Crippen LogP contribution in [0, 0.1) is 0 Å². The number of carboxylic acid groups (broad SMARTS) is 1. The standard InChI is InChI=1S/C15H26N2O4/c1-15(2,3)21-14(20)16-8-4-5-12(9-16)17(10-13(18)19)11-6-7-11/h11-12H,4-10H2,1-3H3,(H,18,19)/t12-/m0/s1. The number of hydrogen-bond donors (Lipinski definition) is 1. The Bertz CT molecular complexity index is 401. The van der Waals surface area contributed by atoms with E-state index in [0.29, 0.717) is 19.1 Å². The summed E-state index contributed by atoms with van der Waals surface area (Å²) < 4.78 is 5.41. The zero-order chi connectivity index (χ0) is 15.6. The molecule has 0 aromatic heterocycles. The van der Waals surface area contributed by atoms with E-state index in [1.54, 1.807) is 4.90 Å². The first-order chi connectivity index (χ1) is 9.76. The molecule has 6 heteroatoms. The average molecular weight is 298 g/mol. The molecule has 0 unspecified atom stereocenters. The van der Waals surface area contributed by atoms with Gasteiger partial charge < -0.3 is 14.7 Å². The number of hydrogen-bond acceptors (Lipinski definition) is 4. The lowest BCUT2D eigenvalue weighted by atomic mass is 10.0. The van der Waals surface area contributed by atoms with Crippen molar-refractivity contribution >= 4 is 12.1 Å². The molecule has 120 valence electrons. The van der Waals surface area contributed by atoms with Gasteiger partial charge >= 0.3 is 12.1 Å². The van der Waals surface area contributed by atoms with E-state index in [9.17, 15) is 9.59 Å². The minimum Gasteiger partial charge on any atom is -0.480 e. The molecule has 2 rings (SSSR count). The Morgan fingerprint density at radius 3 is 2.43 bits per heavy atom. The third-order valence-electron chi connectivity index (χ3n) is 3.85. The molecule has 1 amide bonds. The van der Waals surface area contributed by atoms with E-state index in [-0.39, 0.29) is 18.7 Å². The van der Waals surface area contributed by atoms with Gasteiger partial charge in [-0.3, -0.25) is 9.69 Å². The third kappa shape index (κ3) is 4.88. The van der Waals surface area contributed by atoms with Gasteiger partial charge in [0, 0.05) is 25.2 Å². The molecule has 0 bridgehead atoms. The van der Waals surface area contributed by atoms with Crippen LogP contribution in [-0.2, 0) is 9.53 Å². The molecule has 0 radical (unpaired) electrons. The van der Waals surface area contributed by atoms with E-state index in [1.165, 1.54) is 0 Å². The van der Waals surface area contributed by atoms with Gasteiger partial charge in [0.05, 0.1) is 6.54 Å². The molecule has 0 aromatic carbocycles. The molecule has 6 nitrogen and oxygen atoms in total. The van der Waals surface area contributed by atoms with Crippen LogP contribution in [0.5, 0.6) is 0 Å². The highest BCUT2D eigenvalue weighted by molar-refractivity contribution is 5.69. The predicted molar refractivity (Wildman–Crippen MR) is 78.2 cm³/mol. The van der Waals surface area contributed by atoms with Gasteiger partial charge in [0.15, 0.2) is 0 Å². The second kappa shape index (κ2) is 6.22. The van der Waals surface area contributed by atoms with Gasteiger partial charge in [-0.2, -0.15) is 0 Å². The van der Waals surface area contributed by atoms with Gasteiger partial charge in [0.2, 0.25) is 0 Å². The van der Waals surface area contributed by atoms with Crippen LogP contribution >= 0.6 is 0 Å². The summed E-state index contributed by atoms with van der Waals surface area (Å²) in [5.74, 6) is -0.795. The fraction of sp³-hybridized carbons (Fsp3) is 0.867. The van der Waals surface area contributed by atoms with Crippen molar-refractivity contribution in [3.8, 4) is 0 Å². The van der Waals surface area contributed by atoms with Crippen molar-refractivity contribution in [2.75, 3.05) is 19.6 Å². The molecule has 0 aromatic rings. The average Bonchev–Trinajstić information content (AvgIpc) is 3.18. The number of piperidine rings is 1. The van der Waals surface area contributed by atoms with Gasteiger partial charge in [-0.05, 0) is 46.5 Å². The van der Waals surface area contributed by atoms with Crippen molar-refractivity contribution in [2.45, 2.75) is 64.1 Å². The number of ether oxygens (including phenoxy) is 1. The zero-order valence-electron chi connectivity index (χ0n) is 13.2. The number of carbonyl (C=O) groups excluding carboxylic acids is 1. The molecule has 2 fully saturated rings. The third-order valence-corrected chi connectivity index (χ3v) is 3.85. The van der Waals surface area contributed by atoms with Crippen LogP contribution in [0.1, 0.15) is 46.5 Å². The van der Waals surface area contributed by atoms with Crippen molar-refractivity contribution in [1.29, 1.82) is 0 Å². The van der Waals surface area contributed by atoms with E-state index < -0.39 is 11.6 Å². The highest BCUT2D eigenvalue weighted by Crippen LogP contribution is 2.31. The number of aliphatic carboxylic acids is 1. The summed E-state index contributed by atoms with van der Waals surface area (Å²) in [6.07, 6.45) is 3.68.